The molecule has 1 unspecified atom stereocenters. The van der Waals surface area contributed by atoms with E-state index in [9.17, 15) is 13.8 Å². The normalized spacial score (nSPS) is 12.6. The molecule has 2 amide bonds. The van der Waals surface area contributed by atoms with Crippen LogP contribution in [0.15, 0.2) is 70.1 Å². The van der Waals surface area contributed by atoms with Crippen LogP contribution in [0.25, 0.3) is 0 Å². The van der Waals surface area contributed by atoms with Gasteiger partial charge in [0.15, 0.2) is 0 Å². The molecule has 11 heteroatoms. The molecule has 1 heterocycles. The van der Waals surface area contributed by atoms with Gasteiger partial charge in [-0.1, -0.05) is 37.0 Å². The van der Waals surface area contributed by atoms with Crippen molar-refractivity contribution in [1.29, 1.82) is 0 Å². The monoisotopic (exact) mass is 561 g/mol. The molecule has 3 rings (SSSR count). The molecular formula is C26H29Cl2N5O3S. The fraction of sp³-hybridized carbons (Fsp3) is 0.269. The number of hydrogen-bond donors (Lipinski definition) is 2. The first-order valence-corrected chi connectivity index (χ1v) is 14.3. The molecule has 0 aliphatic rings. The summed E-state index contributed by atoms with van der Waals surface area (Å²) in [5.41, 5.74) is 0.774. The molecular weight excluding hydrogens is 533 g/mol. The lowest BCUT2D eigenvalue weighted by Gasteiger charge is -2.16. The minimum atomic E-state index is -2.59. The topological polar surface area (TPSA) is 104 Å². The number of hydrogen-bond acceptors (Lipinski definition) is 6. The molecule has 2 N–H and O–H groups in total. The minimum absolute atomic E-state index is 0.165. The van der Waals surface area contributed by atoms with E-state index >= 15 is 0 Å². The lowest BCUT2D eigenvalue weighted by Crippen LogP contribution is -2.26. The van der Waals surface area contributed by atoms with Crippen LogP contribution in [0, 0.1) is 0 Å². The van der Waals surface area contributed by atoms with E-state index in [0.29, 0.717) is 32.9 Å². The Kier molecular flexibility index (Phi) is 10.0. The largest absolute Gasteiger partial charge is 0.321 e. The highest BCUT2D eigenvalue weighted by atomic mass is 35.5. The van der Waals surface area contributed by atoms with E-state index in [4.69, 9.17) is 23.2 Å². The Labute approximate surface area is 227 Å². The van der Waals surface area contributed by atoms with Crippen molar-refractivity contribution in [3.8, 4) is 0 Å². The van der Waals surface area contributed by atoms with Crippen LogP contribution in [0.4, 0.5) is 11.5 Å². The summed E-state index contributed by atoms with van der Waals surface area (Å²) in [6.45, 7) is 7.18. The number of pyridine rings is 1. The zero-order valence-electron chi connectivity index (χ0n) is 20.8. The highest BCUT2D eigenvalue weighted by Gasteiger charge is 2.17. The number of benzene rings is 2. The summed E-state index contributed by atoms with van der Waals surface area (Å²) in [5.74, 6) is -0.637. The summed E-state index contributed by atoms with van der Waals surface area (Å²) in [7, 11) is -2.59. The Morgan fingerprint density at radius 3 is 2.24 bits per heavy atom. The second-order valence-corrected chi connectivity index (χ2v) is 11.4. The summed E-state index contributed by atoms with van der Waals surface area (Å²) in [5, 5.41) is 6.17. The Bertz CT molecular complexity index is 1370. The third kappa shape index (κ3) is 8.00. The quantitative estimate of drug-likeness (QED) is 0.330. The van der Waals surface area contributed by atoms with Crippen molar-refractivity contribution in [3.05, 3.63) is 82.0 Å². The number of carbonyl (C=O) groups excluding carboxylic acids is 2. The second kappa shape index (κ2) is 13.0. The van der Waals surface area contributed by atoms with Crippen molar-refractivity contribution in [3.63, 3.8) is 0 Å². The van der Waals surface area contributed by atoms with Gasteiger partial charge in [0.25, 0.3) is 11.8 Å². The number of anilines is 2. The van der Waals surface area contributed by atoms with E-state index < -0.39 is 21.5 Å². The zero-order chi connectivity index (χ0) is 27.0. The van der Waals surface area contributed by atoms with E-state index in [0.717, 1.165) is 19.6 Å². The first kappa shape index (κ1) is 28.6. The summed E-state index contributed by atoms with van der Waals surface area (Å²) in [6, 6.07) is 14.2. The lowest BCUT2D eigenvalue weighted by molar-refractivity contribution is 0.102. The number of amides is 2. The summed E-state index contributed by atoms with van der Waals surface area (Å²) >= 11 is 11.9. The van der Waals surface area contributed by atoms with Gasteiger partial charge >= 0.3 is 0 Å². The Hall–Kier alpha value is -2.98. The van der Waals surface area contributed by atoms with Gasteiger partial charge in [-0.2, -0.15) is 0 Å². The van der Waals surface area contributed by atoms with Gasteiger partial charge in [-0.15, -0.1) is 0 Å². The van der Waals surface area contributed by atoms with Crippen molar-refractivity contribution in [2.75, 3.05) is 43.1 Å². The summed E-state index contributed by atoms with van der Waals surface area (Å²) in [4.78, 5) is 32.6. The Morgan fingerprint density at radius 2 is 1.62 bits per heavy atom. The summed E-state index contributed by atoms with van der Waals surface area (Å²) in [6.07, 6.45) is 3.01. The van der Waals surface area contributed by atoms with Crippen molar-refractivity contribution in [2.24, 2.45) is 4.36 Å². The number of halogens is 2. The fourth-order valence-electron chi connectivity index (χ4n) is 3.47. The van der Waals surface area contributed by atoms with Crippen LogP contribution in [0.3, 0.4) is 0 Å². The zero-order valence-corrected chi connectivity index (χ0v) is 23.2. The molecule has 0 saturated carbocycles. The average molecular weight is 563 g/mol. The summed E-state index contributed by atoms with van der Waals surface area (Å²) < 4.78 is 17.5. The number of nitrogens with one attached hydrogen (secondary N) is 2. The number of nitrogens with zero attached hydrogens (tertiary/aromatic N) is 3. The molecule has 37 heavy (non-hydrogen) atoms. The maximum absolute atomic E-state index is 13.1. The number of aromatic nitrogens is 1. The molecule has 0 spiro atoms. The molecule has 0 bridgehead atoms. The molecule has 0 fully saturated rings. The average Bonchev–Trinajstić information content (AvgIpc) is 2.89. The van der Waals surface area contributed by atoms with Gasteiger partial charge in [0.1, 0.15) is 5.82 Å². The third-order valence-electron chi connectivity index (χ3n) is 5.65. The van der Waals surface area contributed by atoms with Crippen molar-refractivity contribution in [2.45, 2.75) is 18.7 Å². The molecule has 0 aliphatic carbocycles. The molecule has 1 aromatic heterocycles. The van der Waals surface area contributed by atoms with Crippen LogP contribution >= 0.6 is 23.2 Å². The van der Waals surface area contributed by atoms with E-state index in [1.807, 2.05) is 0 Å². The van der Waals surface area contributed by atoms with Gasteiger partial charge in [-0.25, -0.2) is 13.6 Å². The van der Waals surface area contributed by atoms with Crippen molar-refractivity contribution >= 4 is 56.3 Å². The Balaban J connectivity index is 1.74. The highest BCUT2D eigenvalue weighted by Crippen LogP contribution is 2.23. The van der Waals surface area contributed by atoms with E-state index in [1.165, 1.54) is 12.3 Å². The minimum Gasteiger partial charge on any atom is -0.321 e. The van der Waals surface area contributed by atoms with Gasteiger partial charge in [0, 0.05) is 34.5 Å². The first-order valence-electron chi connectivity index (χ1n) is 11.7. The Morgan fingerprint density at radius 1 is 0.946 bits per heavy atom. The molecule has 196 valence electrons. The molecule has 0 radical (unpaired) electrons. The predicted molar refractivity (Wildman–Crippen MR) is 150 cm³/mol. The maximum Gasteiger partial charge on any atom is 0.258 e. The number of likely N-dealkylation sites (N-methyl/N-ethyl adjacent to an activating group) is 1. The molecule has 0 saturated heterocycles. The maximum atomic E-state index is 13.1. The van der Waals surface area contributed by atoms with Crippen LogP contribution in [-0.2, 0) is 9.73 Å². The molecule has 3 aromatic rings. The molecule has 0 aliphatic heterocycles. The van der Waals surface area contributed by atoms with Crippen LogP contribution in [0.5, 0.6) is 0 Å². The number of rotatable bonds is 10. The SMILES string of the molecule is CCN(CC)CCN=S(C)(=O)c1ccc(C(=O)Nc2ccc(Cl)cc2C(=O)Nc2ccc(Cl)cn2)cc1. The van der Waals surface area contributed by atoms with E-state index in [2.05, 4.69) is 38.7 Å². The standard InChI is InChI=1S/C26H29Cl2N5O3S/c1-4-33(5-2)15-14-30-37(3,36)21-10-6-18(7-11-21)25(34)31-23-12-8-19(27)16-22(23)26(35)32-24-13-9-20(28)17-29-24/h6-13,16-17H,4-5,14-15H2,1-3H3,(H,31,34)(H,29,32,35). The molecule has 2 aromatic carbocycles. The molecule has 8 nitrogen and oxygen atoms in total. The van der Waals surface area contributed by atoms with Crippen molar-refractivity contribution in [1.82, 2.24) is 9.88 Å². The van der Waals surface area contributed by atoms with Crippen LogP contribution in [0.1, 0.15) is 34.6 Å². The van der Waals surface area contributed by atoms with Gasteiger partial charge in [0.2, 0.25) is 0 Å². The van der Waals surface area contributed by atoms with Gasteiger partial charge in [-0.05, 0) is 67.7 Å². The van der Waals surface area contributed by atoms with Gasteiger partial charge in [-0.3, -0.25) is 9.59 Å². The van der Waals surface area contributed by atoms with E-state index in [1.54, 1.807) is 54.8 Å². The van der Waals surface area contributed by atoms with Gasteiger partial charge < -0.3 is 15.5 Å². The van der Waals surface area contributed by atoms with E-state index in [-0.39, 0.29) is 11.3 Å². The number of carbonyl (C=O) groups is 2. The van der Waals surface area contributed by atoms with Gasteiger partial charge in [0.05, 0.1) is 32.5 Å². The predicted octanol–water partition coefficient (Wildman–Crippen LogP) is 5.69. The van der Waals surface area contributed by atoms with Crippen LogP contribution < -0.4 is 10.6 Å². The first-order chi connectivity index (χ1) is 17.6. The second-order valence-electron chi connectivity index (χ2n) is 8.17. The highest BCUT2D eigenvalue weighted by molar-refractivity contribution is 7.93. The lowest BCUT2D eigenvalue weighted by atomic mass is 10.1. The smallest absolute Gasteiger partial charge is 0.258 e. The fourth-order valence-corrected chi connectivity index (χ4v) is 4.97. The van der Waals surface area contributed by atoms with Crippen LogP contribution in [0.2, 0.25) is 10.0 Å². The molecule has 1 atom stereocenters. The van der Waals surface area contributed by atoms with Crippen LogP contribution in [-0.4, -0.2) is 58.3 Å². The van der Waals surface area contributed by atoms with Crippen molar-refractivity contribution < 1.29 is 13.8 Å². The third-order valence-corrected chi connectivity index (χ3v) is 7.93.